The fraction of sp³-hybridized carbons (Fsp3) is 0.0588. The molecule has 0 radical (unpaired) electrons. The van der Waals surface area contributed by atoms with E-state index in [0.29, 0.717) is 16.3 Å². The van der Waals surface area contributed by atoms with Gasteiger partial charge in [0.15, 0.2) is 0 Å². The van der Waals surface area contributed by atoms with Crippen LogP contribution in [0.25, 0.3) is 11.0 Å². The molecule has 0 saturated carbocycles. The number of anilines is 1. The molecule has 1 heterocycles. The van der Waals surface area contributed by atoms with E-state index in [4.69, 9.17) is 21.4 Å². The minimum atomic E-state index is -0.403. The molecule has 0 saturated heterocycles. The van der Waals surface area contributed by atoms with E-state index in [1.807, 2.05) is 31.2 Å². The number of hydrogen-bond donors (Lipinski definition) is 2. The van der Waals surface area contributed by atoms with E-state index < -0.39 is 5.91 Å². The van der Waals surface area contributed by atoms with Crippen molar-refractivity contribution in [2.75, 3.05) is 5.32 Å². The molecular weight excluding hydrogens is 300 g/mol. The lowest BCUT2D eigenvalue weighted by molar-refractivity contribution is 0.102. The second-order valence-electron chi connectivity index (χ2n) is 4.95. The van der Waals surface area contributed by atoms with Crippen molar-refractivity contribution in [2.24, 2.45) is 0 Å². The van der Waals surface area contributed by atoms with Gasteiger partial charge in [0.2, 0.25) is 5.55 Å². The van der Waals surface area contributed by atoms with Crippen LogP contribution in [-0.2, 0) is 0 Å². The van der Waals surface area contributed by atoms with Crippen molar-refractivity contribution in [2.45, 2.75) is 6.92 Å². The Hall–Kier alpha value is -2.59. The van der Waals surface area contributed by atoms with Gasteiger partial charge in [-0.25, -0.2) is 0 Å². The third-order valence-electron chi connectivity index (χ3n) is 3.35. The molecule has 22 heavy (non-hydrogen) atoms. The van der Waals surface area contributed by atoms with Gasteiger partial charge in [-0.05, 0) is 36.8 Å². The molecule has 2 aromatic carbocycles. The predicted molar refractivity (Wildman–Crippen MR) is 86.2 cm³/mol. The summed E-state index contributed by atoms with van der Waals surface area (Å²) in [4.78, 5) is 12.3. The molecule has 1 amide bonds. The molecule has 0 aliphatic carbocycles. The van der Waals surface area contributed by atoms with E-state index in [2.05, 4.69) is 5.32 Å². The van der Waals surface area contributed by atoms with Gasteiger partial charge in [0.05, 0.1) is 0 Å². The molecule has 2 N–H and O–H groups in total. The van der Waals surface area contributed by atoms with Crippen molar-refractivity contribution in [3.63, 3.8) is 0 Å². The monoisotopic (exact) mass is 312 g/mol. The smallest absolute Gasteiger partial charge is 0.261 e. The van der Waals surface area contributed by atoms with Crippen LogP contribution in [0.5, 0.6) is 0 Å². The third kappa shape index (κ3) is 2.73. The van der Waals surface area contributed by atoms with Gasteiger partial charge in [-0.1, -0.05) is 35.9 Å². The SMILES string of the molecule is Cc1ccc(NC(=O)c2cc3ccccc3oc2=N)cc1Cl. The Morgan fingerprint density at radius 3 is 2.73 bits per heavy atom. The summed E-state index contributed by atoms with van der Waals surface area (Å²) in [6.07, 6.45) is 0. The highest BCUT2D eigenvalue weighted by atomic mass is 35.5. The van der Waals surface area contributed by atoms with Crippen molar-refractivity contribution in [1.29, 1.82) is 5.41 Å². The van der Waals surface area contributed by atoms with Gasteiger partial charge in [0, 0.05) is 16.1 Å². The molecule has 0 unspecified atom stereocenters. The first-order chi connectivity index (χ1) is 10.5. The molecule has 3 aromatic rings. The molecule has 0 atom stereocenters. The van der Waals surface area contributed by atoms with Crippen LogP contribution < -0.4 is 10.9 Å². The summed E-state index contributed by atoms with van der Waals surface area (Å²) in [6, 6.07) is 14.2. The Bertz CT molecular complexity index is 931. The molecule has 110 valence electrons. The zero-order valence-electron chi connectivity index (χ0n) is 11.8. The molecule has 4 nitrogen and oxygen atoms in total. The molecule has 1 aromatic heterocycles. The minimum absolute atomic E-state index is 0.172. The number of carbonyl (C=O) groups excluding carboxylic acids is 1. The highest BCUT2D eigenvalue weighted by molar-refractivity contribution is 6.31. The Kier molecular flexibility index (Phi) is 3.69. The Balaban J connectivity index is 1.96. The van der Waals surface area contributed by atoms with Crippen LogP contribution in [0.15, 0.2) is 52.9 Å². The molecule has 0 bridgehead atoms. The number of hydrogen-bond acceptors (Lipinski definition) is 3. The summed E-state index contributed by atoms with van der Waals surface area (Å²) in [5, 5.41) is 11.9. The second-order valence-corrected chi connectivity index (χ2v) is 5.35. The van der Waals surface area contributed by atoms with E-state index in [1.54, 1.807) is 24.3 Å². The molecular formula is C17H13ClN2O2. The summed E-state index contributed by atoms with van der Waals surface area (Å²) in [7, 11) is 0. The van der Waals surface area contributed by atoms with Crippen LogP contribution >= 0.6 is 11.6 Å². The fourth-order valence-corrected chi connectivity index (χ4v) is 2.30. The third-order valence-corrected chi connectivity index (χ3v) is 3.76. The molecule has 5 heteroatoms. The van der Waals surface area contributed by atoms with Crippen molar-refractivity contribution >= 4 is 34.2 Å². The number of benzene rings is 2. The van der Waals surface area contributed by atoms with Crippen LogP contribution in [0, 0.1) is 12.3 Å². The number of amides is 1. The van der Waals surface area contributed by atoms with Crippen LogP contribution in [0.1, 0.15) is 15.9 Å². The average molecular weight is 313 g/mol. The number of rotatable bonds is 2. The zero-order chi connectivity index (χ0) is 15.7. The van der Waals surface area contributed by atoms with E-state index in [9.17, 15) is 4.79 Å². The normalized spacial score (nSPS) is 10.6. The van der Waals surface area contributed by atoms with Gasteiger partial charge < -0.3 is 9.73 Å². The van der Waals surface area contributed by atoms with Crippen molar-refractivity contribution in [1.82, 2.24) is 0 Å². The number of carbonyl (C=O) groups is 1. The average Bonchev–Trinajstić information content (AvgIpc) is 2.50. The van der Waals surface area contributed by atoms with Crippen LogP contribution in [-0.4, -0.2) is 5.91 Å². The lowest BCUT2D eigenvalue weighted by Crippen LogP contribution is -2.20. The van der Waals surface area contributed by atoms with Gasteiger partial charge in [-0.15, -0.1) is 0 Å². The first kappa shape index (κ1) is 14.4. The molecule has 0 spiro atoms. The van der Waals surface area contributed by atoms with Gasteiger partial charge in [0.1, 0.15) is 11.1 Å². The number of halogens is 1. The van der Waals surface area contributed by atoms with Crippen molar-refractivity contribution < 1.29 is 9.21 Å². The largest absolute Gasteiger partial charge is 0.438 e. The van der Waals surface area contributed by atoms with Crippen molar-refractivity contribution in [3.8, 4) is 0 Å². The second kappa shape index (κ2) is 5.66. The number of aryl methyl sites for hydroxylation is 1. The topological polar surface area (TPSA) is 66.1 Å². The summed E-state index contributed by atoms with van der Waals surface area (Å²) >= 11 is 6.05. The highest BCUT2D eigenvalue weighted by Crippen LogP contribution is 2.20. The van der Waals surface area contributed by atoms with E-state index >= 15 is 0 Å². The predicted octanol–water partition coefficient (Wildman–Crippen LogP) is 4.13. The lowest BCUT2D eigenvalue weighted by atomic mass is 10.1. The number of para-hydroxylation sites is 1. The Labute approximate surface area is 131 Å². The van der Waals surface area contributed by atoms with Gasteiger partial charge in [0.25, 0.3) is 5.91 Å². The maximum Gasteiger partial charge on any atom is 0.261 e. The van der Waals surface area contributed by atoms with E-state index in [0.717, 1.165) is 10.9 Å². The van der Waals surface area contributed by atoms with Crippen LogP contribution in [0.4, 0.5) is 5.69 Å². The van der Waals surface area contributed by atoms with E-state index in [-0.39, 0.29) is 11.1 Å². The molecule has 0 aliphatic heterocycles. The van der Waals surface area contributed by atoms with E-state index in [1.165, 1.54) is 0 Å². The summed E-state index contributed by atoms with van der Waals surface area (Å²) < 4.78 is 5.37. The first-order valence-corrected chi connectivity index (χ1v) is 7.07. The van der Waals surface area contributed by atoms with Gasteiger partial charge in [-0.2, -0.15) is 0 Å². The molecule has 0 aliphatic rings. The summed E-state index contributed by atoms with van der Waals surface area (Å²) in [6.45, 7) is 1.89. The summed E-state index contributed by atoms with van der Waals surface area (Å²) in [5.74, 6) is -0.403. The molecule has 0 fully saturated rings. The van der Waals surface area contributed by atoms with Crippen LogP contribution in [0.2, 0.25) is 5.02 Å². The fourth-order valence-electron chi connectivity index (χ4n) is 2.12. The lowest BCUT2D eigenvalue weighted by Gasteiger charge is -2.07. The Morgan fingerprint density at radius 2 is 1.95 bits per heavy atom. The minimum Gasteiger partial charge on any atom is -0.438 e. The number of nitrogens with one attached hydrogen (secondary N) is 2. The van der Waals surface area contributed by atoms with Crippen molar-refractivity contribution in [3.05, 3.63) is 70.2 Å². The van der Waals surface area contributed by atoms with Gasteiger partial charge >= 0.3 is 0 Å². The zero-order valence-corrected chi connectivity index (χ0v) is 12.6. The standard InChI is InChI=1S/C17H13ClN2O2/c1-10-6-7-12(9-14(10)18)20-17(21)13-8-11-4-2-3-5-15(11)22-16(13)19/h2-9,19H,1H3,(H,20,21). The quantitative estimate of drug-likeness (QED) is 0.747. The maximum atomic E-state index is 12.3. The highest BCUT2D eigenvalue weighted by Gasteiger charge is 2.12. The van der Waals surface area contributed by atoms with Crippen LogP contribution in [0.3, 0.4) is 0 Å². The van der Waals surface area contributed by atoms with Gasteiger partial charge in [-0.3, -0.25) is 10.2 Å². The molecule has 3 rings (SSSR count). The summed E-state index contributed by atoms with van der Waals surface area (Å²) in [5.41, 5.74) is 2.09. The maximum absolute atomic E-state index is 12.3. The number of fused-ring (bicyclic) bond motifs is 1. The Morgan fingerprint density at radius 1 is 1.18 bits per heavy atom. The first-order valence-electron chi connectivity index (χ1n) is 6.69.